The number of likely N-dealkylation sites (tertiary alicyclic amines) is 1. The Bertz CT molecular complexity index is 1200. The molecule has 0 unspecified atom stereocenters. The Hall–Kier alpha value is -3.55. The van der Waals surface area contributed by atoms with E-state index in [0.29, 0.717) is 29.6 Å². The van der Waals surface area contributed by atoms with Gasteiger partial charge in [0.05, 0.1) is 16.8 Å². The van der Waals surface area contributed by atoms with E-state index >= 15 is 0 Å². The van der Waals surface area contributed by atoms with Gasteiger partial charge in [-0.15, -0.1) is 0 Å². The summed E-state index contributed by atoms with van der Waals surface area (Å²) in [5.74, 6) is -2.38. The Balaban J connectivity index is 1.68. The average Bonchev–Trinajstić information content (AvgIpc) is 3.27. The first kappa shape index (κ1) is 19.8. The smallest absolute Gasteiger partial charge is 0.254 e. The van der Waals surface area contributed by atoms with E-state index in [9.17, 15) is 23.2 Å². The fourth-order valence-corrected chi connectivity index (χ4v) is 3.69. The molecule has 1 N–H and O–H groups in total. The van der Waals surface area contributed by atoms with Crippen molar-refractivity contribution in [3.05, 3.63) is 76.1 Å². The Morgan fingerprint density at radius 2 is 1.73 bits per heavy atom. The molecule has 2 amide bonds. The quantitative estimate of drug-likeness (QED) is 0.717. The molecule has 3 aromatic rings. The van der Waals surface area contributed by atoms with Crippen LogP contribution in [0.15, 0.2) is 53.3 Å². The summed E-state index contributed by atoms with van der Waals surface area (Å²) in [5.41, 5.74) is -0.114. The van der Waals surface area contributed by atoms with Crippen molar-refractivity contribution in [1.29, 1.82) is 0 Å². The number of pyridine rings is 1. The summed E-state index contributed by atoms with van der Waals surface area (Å²) in [7, 11) is 0. The molecule has 2 heterocycles. The van der Waals surface area contributed by atoms with Gasteiger partial charge in [0.15, 0.2) is 0 Å². The summed E-state index contributed by atoms with van der Waals surface area (Å²) < 4.78 is 28.3. The molecule has 30 heavy (non-hydrogen) atoms. The number of nitrogens with zero attached hydrogens (tertiary/aromatic N) is 2. The van der Waals surface area contributed by atoms with Crippen molar-refractivity contribution in [2.75, 3.05) is 18.4 Å². The molecule has 1 aliphatic rings. The molecule has 0 saturated carbocycles. The minimum Gasteiger partial charge on any atom is -0.339 e. The predicted molar refractivity (Wildman–Crippen MR) is 108 cm³/mol. The third kappa shape index (κ3) is 3.80. The molecule has 1 aromatic heterocycles. The molecule has 1 saturated heterocycles. The maximum Gasteiger partial charge on any atom is 0.254 e. The Labute approximate surface area is 170 Å². The number of fused-ring (bicyclic) bond motifs is 1. The zero-order valence-corrected chi connectivity index (χ0v) is 16.0. The van der Waals surface area contributed by atoms with Gasteiger partial charge in [-0.3, -0.25) is 19.0 Å². The first-order chi connectivity index (χ1) is 14.4. The third-order valence-corrected chi connectivity index (χ3v) is 5.15. The second-order valence-electron chi connectivity index (χ2n) is 7.17. The average molecular weight is 411 g/mol. The Morgan fingerprint density at radius 1 is 1.00 bits per heavy atom. The summed E-state index contributed by atoms with van der Waals surface area (Å²) in [6.45, 7) is 0.892. The molecule has 6 nitrogen and oxygen atoms in total. The number of hydrogen-bond acceptors (Lipinski definition) is 3. The normalized spacial score (nSPS) is 13.6. The zero-order chi connectivity index (χ0) is 21.3. The Kier molecular flexibility index (Phi) is 5.31. The van der Waals surface area contributed by atoms with E-state index in [0.717, 1.165) is 31.0 Å². The first-order valence-electron chi connectivity index (χ1n) is 9.61. The van der Waals surface area contributed by atoms with Crippen LogP contribution in [0, 0.1) is 11.6 Å². The lowest BCUT2D eigenvalue weighted by atomic mass is 10.1. The molecule has 0 bridgehead atoms. The van der Waals surface area contributed by atoms with Gasteiger partial charge < -0.3 is 10.2 Å². The molecule has 2 aromatic carbocycles. The number of aromatic nitrogens is 1. The summed E-state index contributed by atoms with van der Waals surface area (Å²) in [6, 6.07) is 10.8. The van der Waals surface area contributed by atoms with Gasteiger partial charge in [0, 0.05) is 30.6 Å². The van der Waals surface area contributed by atoms with E-state index in [1.54, 1.807) is 29.2 Å². The van der Waals surface area contributed by atoms with E-state index in [1.165, 1.54) is 10.6 Å². The van der Waals surface area contributed by atoms with Crippen molar-refractivity contribution < 1.29 is 18.4 Å². The predicted octanol–water partition coefficient (Wildman–Crippen LogP) is 3.15. The Morgan fingerprint density at radius 3 is 2.50 bits per heavy atom. The standard InChI is InChI=1S/C22H19F2N3O3/c23-14-7-8-17(24)18(11-14)25-20(28)13-27-19-6-2-1-5-15(19)16(12-21(27)29)22(30)26-9-3-4-10-26/h1-2,5-8,11-12H,3-4,9-10,13H2,(H,25,28). The van der Waals surface area contributed by atoms with Crippen LogP contribution in [-0.4, -0.2) is 34.4 Å². The van der Waals surface area contributed by atoms with Gasteiger partial charge in [-0.2, -0.15) is 0 Å². The molecule has 4 rings (SSSR count). The molecule has 8 heteroatoms. The number of carbonyl (C=O) groups is 2. The minimum atomic E-state index is -0.784. The van der Waals surface area contributed by atoms with E-state index in [4.69, 9.17) is 0 Å². The van der Waals surface area contributed by atoms with Gasteiger partial charge >= 0.3 is 0 Å². The van der Waals surface area contributed by atoms with Gasteiger partial charge in [-0.1, -0.05) is 18.2 Å². The highest BCUT2D eigenvalue weighted by Gasteiger charge is 2.23. The summed E-state index contributed by atoms with van der Waals surface area (Å²) in [6.07, 6.45) is 1.86. The topological polar surface area (TPSA) is 71.4 Å². The molecule has 1 fully saturated rings. The highest BCUT2D eigenvalue weighted by atomic mass is 19.1. The van der Waals surface area contributed by atoms with Gasteiger partial charge in [0.1, 0.15) is 18.2 Å². The number of para-hydroxylation sites is 1. The van der Waals surface area contributed by atoms with Crippen molar-refractivity contribution in [3.63, 3.8) is 0 Å². The molecular formula is C22H19F2N3O3. The van der Waals surface area contributed by atoms with E-state index < -0.39 is 29.6 Å². The second kappa shape index (κ2) is 8.06. The molecule has 1 aliphatic heterocycles. The number of amides is 2. The van der Waals surface area contributed by atoms with E-state index in [-0.39, 0.29) is 11.6 Å². The number of carbonyl (C=O) groups excluding carboxylic acids is 2. The fourth-order valence-electron chi connectivity index (χ4n) is 3.69. The van der Waals surface area contributed by atoms with Gasteiger partial charge in [-0.05, 0) is 31.0 Å². The lowest BCUT2D eigenvalue weighted by Gasteiger charge is -2.18. The second-order valence-corrected chi connectivity index (χ2v) is 7.17. The maximum atomic E-state index is 13.8. The number of anilines is 1. The van der Waals surface area contributed by atoms with Crippen LogP contribution in [0.1, 0.15) is 23.2 Å². The largest absolute Gasteiger partial charge is 0.339 e. The maximum absolute atomic E-state index is 13.8. The molecule has 0 spiro atoms. The number of halogens is 2. The molecule has 0 aliphatic carbocycles. The molecule has 0 radical (unpaired) electrons. The van der Waals surface area contributed by atoms with Crippen LogP contribution in [0.2, 0.25) is 0 Å². The van der Waals surface area contributed by atoms with Crippen LogP contribution >= 0.6 is 0 Å². The fraction of sp³-hybridized carbons (Fsp3) is 0.227. The summed E-state index contributed by atoms with van der Waals surface area (Å²) in [4.78, 5) is 39.8. The van der Waals surface area contributed by atoms with Crippen LogP contribution in [-0.2, 0) is 11.3 Å². The third-order valence-electron chi connectivity index (χ3n) is 5.15. The van der Waals surface area contributed by atoms with Crippen molar-refractivity contribution in [2.45, 2.75) is 19.4 Å². The molecule has 0 atom stereocenters. The minimum absolute atomic E-state index is 0.209. The lowest BCUT2D eigenvalue weighted by Crippen LogP contribution is -2.32. The number of benzene rings is 2. The van der Waals surface area contributed by atoms with Crippen molar-refractivity contribution >= 4 is 28.4 Å². The lowest BCUT2D eigenvalue weighted by molar-refractivity contribution is -0.116. The van der Waals surface area contributed by atoms with Crippen LogP contribution in [0.3, 0.4) is 0 Å². The van der Waals surface area contributed by atoms with Crippen LogP contribution in [0.5, 0.6) is 0 Å². The summed E-state index contributed by atoms with van der Waals surface area (Å²) in [5, 5.41) is 2.84. The van der Waals surface area contributed by atoms with Crippen LogP contribution in [0.25, 0.3) is 10.9 Å². The van der Waals surface area contributed by atoms with Crippen molar-refractivity contribution in [3.8, 4) is 0 Å². The molecular weight excluding hydrogens is 392 g/mol. The first-order valence-corrected chi connectivity index (χ1v) is 9.61. The highest BCUT2D eigenvalue weighted by Crippen LogP contribution is 2.21. The van der Waals surface area contributed by atoms with Gasteiger partial charge in [-0.25, -0.2) is 8.78 Å². The highest BCUT2D eigenvalue weighted by molar-refractivity contribution is 6.06. The van der Waals surface area contributed by atoms with Crippen molar-refractivity contribution in [2.24, 2.45) is 0 Å². The zero-order valence-electron chi connectivity index (χ0n) is 16.0. The van der Waals surface area contributed by atoms with E-state index in [1.807, 2.05) is 0 Å². The SMILES string of the molecule is O=C(Cn1c(=O)cc(C(=O)N2CCCC2)c2ccccc21)Nc1cc(F)ccc1F. The van der Waals surface area contributed by atoms with Crippen LogP contribution < -0.4 is 10.9 Å². The van der Waals surface area contributed by atoms with Gasteiger partial charge in [0.25, 0.3) is 11.5 Å². The van der Waals surface area contributed by atoms with E-state index in [2.05, 4.69) is 5.32 Å². The molecule has 154 valence electrons. The number of nitrogens with one attached hydrogen (secondary N) is 1. The number of hydrogen-bond donors (Lipinski definition) is 1. The number of rotatable bonds is 4. The van der Waals surface area contributed by atoms with Crippen molar-refractivity contribution in [1.82, 2.24) is 9.47 Å². The van der Waals surface area contributed by atoms with Gasteiger partial charge in [0.2, 0.25) is 5.91 Å². The monoisotopic (exact) mass is 411 g/mol. The summed E-state index contributed by atoms with van der Waals surface area (Å²) >= 11 is 0. The van der Waals surface area contributed by atoms with Crippen LogP contribution in [0.4, 0.5) is 14.5 Å².